The van der Waals surface area contributed by atoms with Crippen molar-refractivity contribution in [3.63, 3.8) is 0 Å². The topological polar surface area (TPSA) is 12.0 Å². The molecule has 0 fully saturated rings. The maximum absolute atomic E-state index is 13.0. The van der Waals surface area contributed by atoms with Crippen molar-refractivity contribution in [1.29, 1.82) is 0 Å². The maximum Gasteiger partial charge on any atom is 0.123 e. The minimum atomic E-state index is -0.207. The Hall–Kier alpha value is -1.19. The molecule has 0 aliphatic rings. The Balaban J connectivity index is 2.41. The van der Waals surface area contributed by atoms with Gasteiger partial charge in [-0.1, -0.05) is 34.1 Å². The molecule has 18 heavy (non-hydrogen) atoms. The van der Waals surface area contributed by atoms with Crippen LogP contribution >= 0.6 is 15.9 Å². The van der Waals surface area contributed by atoms with Gasteiger partial charge in [0, 0.05) is 4.47 Å². The molecule has 0 saturated heterocycles. The van der Waals surface area contributed by atoms with Crippen LogP contribution < -0.4 is 5.32 Å². The van der Waals surface area contributed by atoms with Gasteiger partial charge in [0.25, 0.3) is 0 Å². The van der Waals surface area contributed by atoms with Crippen LogP contribution in [0.1, 0.15) is 22.7 Å². The number of nitrogens with one attached hydrogen (secondary N) is 1. The Kier molecular flexibility index (Phi) is 4.15. The summed E-state index contributed by atoms with van der Waals surface area (Å²) in [5, 5.41) is 3.28. The lowest BCUT2D eigenvalue weighted by Gasteiger charge is -2.19. The Morgan fingerprint density at radius 3 is 2.33 bits per heavy atom. The van der Waals surface area contributed by atoms with Gasteiger partial charge < -0.3 is 5.32 Å². The van der Waals surface area contributed by atoms with E-state index < -0.39 is 0 Å². The molecule has 0 aromatic heterocycles. The van der Waals surface area contributed by atoms with Gasteiger partial charge in [-0.25, -0.2) is 4.39 Å². The predicted molar refractivity (Wildman–Crippen MR) is 76.2 cm³/mol. The van der Waals surface area contributed by atoms with Crippen LogP contribution in [0.2, 0.25) is 0 Å². The van der Waals surface area contributed by atoms with E-state index in [2.05, 4.69) is 40.3 Å². The number of rotatable bonds is 3. The summed E-state index contributed by atoms with van der Waals surface area (Å²) < 4.78 is 14.0. The number of aryl methyl sites for hydroxylation is 1. The minimum Gasteiger partial charge on any atom is -0.309 e. The van der Waals surface area contributed by atoms with E-state index in [0.29, 0.717) is 0 Å². The van der Waals surface area contributed by atoms with Crippen LogP contribution in [0, 0.1) is 12.7 Å². The molecule has 0 amide bonds. The molecule has 1 unspecified atom stereocenters. The van der Waals surface area contributed by atoms with Crippen LogP contribution in [0.15, 0.2) is 46.9 Å². The molecule has 2 rings (SSSR count). The lowest BCUT2D eigenvalue weighted by molar-refractivity contribution is 0.623. The van der Waals surface area contributed by atoms with Crippen LogP contribution in [-0.4, -0.2) is 7.05 Å². The normalized spacial score (nSPS) is 12.4. The molecule has 0 spiro atoms. The zero-order chi connectivity index (χ0) is 13.1. The van der Waals surface area contributed by atoms with E-state index in [0.717, 1.165) is 10.0 Å². The third kappa shape index (κ3) is 2.79. The van der Waals surface area contributed by atoms with Crippen molar-refractivity contribution in [3.8, 4) is 0 Å². The second-order valence-corrected chi connectivity index (χ2v) is 5.19. The standard InChI is InChI=1S/C15H15BrFN/c1-10-9-12(16)5-8-14(10)15(18-2)11-3-6-13(17)7-4-11/h3-9,15,18H,1-2H3. The van der Waals surface area contributed by atoms with Gasteiger partial charge in [0.15, 0.2) is 0 Å². The van der Waals surface area contributed by atoms with Crippen LogP contribution in [0.25, 0.3) is 0 Å². The van der Waals surface area contributed by atoms with Gasteiger partial charge in [0.05, 0.1) is 6.04 Å². The molecule has 2 aromatic rings. The van der Waals surface area contributed by atoms with Crippen molar-refractivity contribution in [3.05, 3.63) is 69.4 Å². The minimum absolute atomic E-state index is 0.0821. The monoisotopic (exact) mass is 307 g/mol. The van der Waals surface area contributed by atoms with E-state index >= 15 is 0 Å². The summed E-state index contributed by atoms with van der Waals surface area (Å²) in [6.45, 7) is 2.08. The zero-order valence-electron chi connectivity index (χ0n) is 10.4. The summed E-state index contributed by atoms with van der Waals surface area (Å²) in [5.41, 5.74) is 3.46. The number of hydrogen-bond acceptors (Lipinski definition) is 1. The van der Waals surface area contributed by atoms with E-state index in [4.69, 9.17) is 0 Å². The van der Waals surface area contributed by atoms with Gasteiger partial charge >= 0.3 is 0 Å². The van der Waals surface area contributed by atoms with E-state index in [-0.39, 0.29) is 11.9 Å². The summed E-state index contributed by atoms with van der Waals surface area (Å²) in [7, 11) is 1.91. The molecule has 3 heteroatoms. The SMILES string of the molecule is CNC(c1ccc(F)cc1)c1ccc(Br)cc1C. The van der Waals surface area contributed by atoms with Crippen LogP contribution in [0.3, 0.4) is 0 Å². The highest BCUT2D eigenvalue weighted by atomic mass is 79.9. The van der Waals surface area contributed by atoms with Crippen molar-refractivity contribution in [1.82, 2.24) is 5.32 Å². The molecule has 1 atom stereocenters. The van der Waals surface area contributed by atoms with Crippen molar-refractivity contribution in [2.75, 3.05) is 7.05 Å². The molecule has 94 valence electrons. The smallest absolute Gasteiger partial charge is 0.123 e. The molecular formula is C15H15BrFN. The maximum atomic E-state index is 13.0. The van der Waals surface area contributed by atoms with E-state index in [1.54, 1.807) is 0 Å². The molecule has 0 bridgehead atoms. The average Bonchev–Trinajstić information content (AvgIpc) is 2.35. The second-order valence-electron chi connectivity index (χ2n) is 4.27. The van der Waals surface area contributed by atoms with Crippen LogP contribution in [-0.2, 0) is 0 Å². The Labute approximate surface area is 115 Å². The van der Waals surface area contributed by atoms with Crippen LogP contribution in [0.4, 0.5) is 4.39 Å². The quantitative estimate of drug-likeness (QED) is 0.896. The van der Waals surface area contributed by atoms with E-state index in [9.17, 15) is 4.39 Å². The fourth-order valence-electron chi connectivity index (χ4n) is 2.12. The Morgan fingerprint density at radius 2 is 1.78 bits per heavy atom. The second kappa shape index (κ2) is 5.63. The summed E-state index contributed by atoms with van der Waals surface area (Å²) in [4.78, 5) is 0. The highest BCUT2D eigenvalue weighted by molar-refractivity contribution is 9.10. The molecule has 1 nitrogen and oxygen atoms in total. The van der Waals surface area contributed by atoms with Gasteiger partial charge in [-0.05, 0) is 54.9 Å². The first kappa shape index (κ1) is 13.2. The molecular weight excluding hydrogens is 293 g/mol. The van der Waals surface area contributed by atoms with E-state index in [1.807, 2.05) is 25.2 Å². The largest absolute Gasteiger partial charge is 0.309 e. The highest BCUT2D eigenvalue weighted by Gasteiger charge is 2.14. The average molecular weight is 308 g/mol. The fraction of sp³-hybridized carbons (Fsp3) is 0.200. The van der Waals surface area contributed by atoms with Gasteiger partial charge in [-0.2, -0.15) is 0 Å². The number of hydrogen-bond donors (Lipinski definition) is 1. The molecule has 0 saturated carbocycles. The zero-order valence-corrected chi connectivity index (χ0v) is 12.0. The first-order valence-electron chi connectivity index (χ1n) is 5.80. The molecule has 0 radical (unpaired) electrons. The van der Waals surface area contributed by atoms with Gasteiger partial charge in [0.2, 0.25) is 0 Å². The lowest BCUT2D eigenvalue weighted by Crippen LogP contribution is -2.18. The molecule has 2 aromatic carbocycles. The molecule has 0 heterocycles. The predicted octanol–water partition coefficient (Wildman–Crippen LogP) is 4.21. The molecule has 0 aliphatic heterocycles. The first-order chi connectivity index (χ1) is 8.61. The third-order valence-electron chi connectivity index (χ3n) is 3.03. The Morgan fingerprint density at radius 1 is 1.11 bits per heavy atom. The van der Waals surface area contributed by atoms with Gasteiger partial charge in [0.1, 0.15) is 5.82 Å². The first-order valence-corrected chi connectivity index (χ1v) is 6.60. The number of halogens is 2. The lowest BCUT2D eigenvalue weighted by atomic mass is 9.95. The highest BCUT2D eigenvalue weighted by Crippen LogP contribution is 2.26. The summed E-state index contributed by atoms with van der Waals surface area (Å²) in [5.74, 6) is -0.207. The summed E-state index contributed by atoms with van der Waals surface area (Å²) >= 11 is 3.46. The Bertz CT molecular complexity index is 537. The van der Waals surface area contributed by atoms with Crippen molar-refractivity contribution in [2.45, 2.75) is 13.0 Å². The van der Waals surface area contributed by atoms with Crippen molar-refractivity contribution >= 4 is 15.9 Å². The molecule has 0 aliphatic carbocycles. The van der Waals surface area contributed by atoms with Gasteiger partial charge in [-0.3, -0.25) is 0 Å². The van der Waals surface area contributed by atoms with Crippen LogP contribution in [0.5, 0.6) is 0 Å². The molecule has 1 N–H and O–H groups in total. The fourth-order valence-corrected chi connectivity index (χ4v) is 2.60. The summed E-state index contributed by atoms with van der Waals surface area (Å²) in [6, 6.07) is 12.9. The third-order valence-corrected chi connectivity index (χ3v) is 3.53. The summed E-state index contributed by atoms with van der Waals surface area (Å²) in [6.07, 6.45) is 0. The van der Waals surface area contributed by atoms with Crippen molar-refractivity contribution < 1.29 is 4.39 Å². The van der Waals surface area contributed by atoms with Crippen molar-refractivity contribution in [2.24, 2.45) is 0 Å². The number of benzene rings is 2. The van der Waals surface area contributed by atoms with E-state index in [1.165, 1.54) is 23.3 Å². The van der Waals surface area contributed by atoms with Gasteiger partial charge in [-0.15, -0.1) is 0 Å².